The van der Waals surface area contributed by atoms with Crippen LogP contribution in [0.15, 0.2) is 42.5 Å². The third kappa shape index (κ3) is 4.19. The molecule has 8 nitrogen and oxygen atoms in total. The molecule has 0 aromatic heterocycles. The predicted octanol–water partition coefficient (Wildman–Crippen LogP) is 3.61. The second kappa shape index (κ2) is 9.35. The quantitative estimate of drug-likeness (QED) is 0.592. The Morgan fingerprint density at radius 3 is 2.69 bits per heavy atom. The molecule has 9 heteroatoms. The molecule has 5 rings (SSSR count). The molecule has 1 saturated heterocycles. The predicted molar refractivity (Wildman–Crippen MR) is 137 cm³/mol. The van der Waals surface area contributed by atoms with Gasteiger partial charge >= 0.3 is 0 Å². The summed E-state index contributed by atoms with van der Waals surface area (Å²) < 4.78 is 10.2. The van der Waals surface area contributed by atoms with Crippen LogP contribution in [0, 0.1) is 5.92 Å². The first-order valence-corrected chi connectivity index (χ1v) is 13.1. The first kappa shape index (κ1) is 24.5. The summed E-state index contributed by atoms with van der Waals surface area (Å²) in [5.74, 6) is 0.543. The lowest BCUT2D eigenvalue weighted by Crippen LogP contribution is -2.58. The van der Waals surface area contributed by atoms with E-state index in [1.165, 1.54) is 0 Å². The number of nitrogens with one attached hydrogen (secondary N) is 2. The lowest BCUT2D eigenvalue weighted by atomic mass is 9.95. The Hall–Kier alpha value is -3.20. The molecular weight excluding hydrogens is 478 g/mol. The van der Waals surface area contributed by atoms with E-state index in [1.54, 1.807) is 16.7 Å². The summed E-state index contributed by atoms with van der Waals surface area (Å²) in [6.45, 7) is 8.38. The lowest BCUT2D eigenvalue weighted by molar-refractivity contribution is -0.133. The highest BCUT2D eigenvalue weighted by Gasteiger charge is 2.57. The maximum absolute atomic E-state index is 13.7. The van der Waals surface area contributed by atoms with Crippen molar-refractivity contribution in [1.82, 2.24) is 15.5 Å². The van der Waals surface area contributed by atoms with Crippen LogP contribution in [0.1, 0.15) is 61.0 Å². The summed E-state index contributed by atoms with van der Waals surface area (Å²) >= 11 is 1.61. The van der Waals surface area contributed by atoms with Crippen LogP contribution in [0.5, 0.6) is 11.5 Å². The van der Waals surface area contributed by atoms with Crippen LogP contribution in [0.3, 0.4) is 0 Å². The molecule has 1 fully saturated rings. The van der Waals surface area contributed by atoms with Crippen molar-refractivity contribution in [3.63, 3.8) is 0 Å². The number of carbonyl (C=O) groups excluding carboxylic acids is 3. The molecule has 36 heavy (non-hydrogen) atoms. The lowest BCUT2D eigenvalue weighted by Gasteiger charge is -2.32. The van der Waals surface area contributed by atoms with Crippen molar-refractivity contribution in [2.45, 2.75) is 62.9 Å². The number of rotatable bonds is 7. The Balaban J connectivity index is 1.31. The van der Waals surface area contributed by atoms with Crippen molar-refractivity contribution in [2.24, 2.45) is 5.92 Å². The highest BCUT2D eigenvalue weighted by atomic mass is 32.2. The number of ether oxygens (including phenoxy) is 2. The molecule has 0 radical (unpaired) electrons. The minimum Gasteiger partial charge on any atom is -0.454 e. The van der Waals surface area contributed by atoms with E-state index in [9.17, 15) is 14.4 Å². The SMILES string of the molecule is CC[C@@H](C)[C@H](NC(=O)[C@@H]1N2C(=O)c3ccccc3[C@H]2SC1(C)C)C(=O)NCc1ccc2c(c1)OCO2. The molecule has 3 aliphatic heterocycles. The van der Waals surface area contributed by atoms with Gasteiger partial charge in [-0.2, -0.15) is 0 Å². The van der Waals surface area contributed by atoms with Gasteiger partial charge in [-0.25, -0.2) is 0 Å². The summed E-state index contributed by atoms with van der Waals surface area (Å²) in [5, 5.41) is 5.75. The minimum atomic E-state index is -0.726. The Morgan fingerprint density at radius 2 is 1.92 bits per heavy atom. The zero-order chi connectivity index (χ0) is 25.6. The summed E-state index contributed by atoms with van der Waals surface area (Å²) in [6.07, 6.45) is 0.710. The molecule has 2 aromatic rings. The highest BCUT2D eigenvalue weighted by molar-refractivity contribution is 8.01. The van der Waals surface area contributed by atoms with Crippen LogP contribution >= 0.6 is 11.8 Å². The Bertz CT molecular complexity index is 1220. The van der Waals surface area contributed by atoms with Crippen molar-refractivity contribution in [3.05, 3.63) is 59.2 Å². The van der Waals surface area contributed by atoms with E-state index in [4.69, 9.17) is 9.47 Å². The molecule has 190 valence electrons. The molecule has 3 heterocycles. The van der Waals surface area contributed by atoms with Crippen LogP contribution in [0.25, 0.3) is 0 Å². The van der Waals surface area contributed by atoms with E-state index < -0.39 is 16.8 Å². The average molecular weight is 510 g/mol. The number of benzene rings is 2. The Morgan fingerprint density at radius 1 is 1.17 bits per heavy atom. The summed E-state index contributed by atoms with van der Waals surface area (Å²) in [4.78, 5) is 41.9. The number of amides is 3. The second-order valence-corrected chi connectivity index (χ2v) is 11.8. The fourth-order valence-electron chi connectivity index (χ4n) is 5.09. The fraction of sp³-hybridized carbons (Fsp3) is 0.444. The normalized spacial score (nSPS) is 22.6. The van der Waals surface area contributed by atoms with Crippen LogP contribution in [0.2, 0.25) is 0 Å². The molecule has 3 amide bonds. The summed E-state index contributed by atoms with van der Waals surface area (Å²) in [6, 6.07) is 11.6. The van der Waals surface area contributed by atoms with Gasteiger partial charge < -0.3 is 25.0 Å². The fourth-order valence-corrected chi connectivity index (χ4v) is 6.68. The van der Waals surface area contributed by atoms with Gasteiger partial charge in [0.15, 0.2) is 11.5 Å². The summed E-state index contributed by atoms with van der Waals surface area (Å²) in [5.41, 5.74) is 2.46. The van der Waals surface area contributed by atoms with Crippen molar-refractivity contribution in [2.75, 3.05) is 6.79 Å². The van der Waals surface area contributed by atoms with Gasteiger partial charge in [0, 0.05) is 16.9 Å². The third-order valence-corrected chi connectivity index (χ3v) is 8.78. The third-order valence-electron chi connectivity index (χ3n) is 7.24. The number of hydrogen-bond acceptors (Lipinski definition) is 6. The maximum Gasteiger partial charge on any atom is 0.256 e. The number of hydrogen-bond donors (Lipinski definition) is 2. The standard InChI is InChI=1S/C27H31N3O5S/c1-5-15(2)21(23(31)28-13-16-10-11-19-20(12-16)35-14-34-19)29-24(32)22-27(3,4)36-26-18-9-7-6-8-17(18)25(33)30(22)26/h6-12,15,21-22,26H,5,13-14H2,1-4H3,(H,28,31)(H,29,32)/t15-,21+,22+,26-/m1/s1. The maximum atomic E-state index is 13.7. The highest BCUT2D eigenvalue weighted by Crippen LogP contribution is 2.56. The largest absolute Gasteiger partial charge is 0.454 e. The van der Waals surface area contributed by atoms with Gasteiger partial charge in [-0.05, 0) is 49.1 Å². The van der Waals surface area contributed by atoms with Crippen molar-refractivity contribution < 1.29 is 23.9 Å². The Labute approximate surface area is 215 Å². The molecule has 2 aromatic carbocycles. The smallest absolute Gasteiger partial charge is 0.256 e. The number of nitrogens with zero attached hydrogens (tertiary/aromatic N) is 1. The number of carbonyl (C=O) groups is 3. The zero-order valence-corrected chi connectivity index (χ0v) is 21.7. The van der Waals surface area contributed by atoms with E-state index in [0.717, 1.165) is 11.1 Å². The molecular formula is C27H31N3O5S. The molecule has 0 saturated carbocycles. The Kier molecular flexibility index (Phi) is 6.36. The van der Waals surface area contributed by atoms with Gasteiger partial charge in [-0.3, -0.25) is 14.4 Å². The van der Waals surface area contributed by atoms with Gasteiger partial charge in [-0.1, -0.05) is 44.5 Å². The first-order valence-electron chi connectivity index (χ1n) is 12.3. The number of fused-ring (bicyclic) bond motifs is 4. The first-order chi connectivity index (χ1) is 17.2. The van der Waals surface area contributed by atoms with Crippen molar-refractivity contribution in [1.29, 1.82) is 0 Å². The van der Waals surface area contributed by atoms with E-state index >= 15 is 0 Å². The van der Waals surface area contributed by atoms with Crippen LogP contribution in [-0.4, -0.2) is 46.2 Å². The topological polar surface area (TPSA) is 97.0 Å². The van der Waals surface area contributed by atoms with Crippen LogP contribution < -0.4 is 20.1 Å². The van der Waals surface area contributed by atoms with Crippen molar-refractivity contribution >= 4 is 29.5 Å². The average Bonchev–Trinajstić information content (AvgIpc) is 3.52. The van der Waals surface area contributed by atoms with Gasteiger partial charge in [0.25, 0.3) is 5.91 Å². The molecule has 2 N–H and O–H groups in total. The van der Waals surface area contributed by atoms with Crippen molar-refractivity contribution in [3.8, 4) is 11.5 Å². The second-order valence-electron chi connectivity index (χ2n) is 10.1. The van der Waals surface area contributed by atoms with E-state index in [1.807, 2.05) is 70.2 Å². The minimum absolute atomic E-state index is 0.0925. The van der Waals surface area contributed by atoms with E-state index in [2.05, 4.69) is 10.6 Å². The van der Waals surface area contributed by atoms with Gasteiger partial charge in [-0.15, -0.1) is 11.8 Å². The monoisotopic (exact) mass is 509 g/mol. The van der Waals surface area contributed by atoms with E-state index in [0.29, 0.717) is 30.0 Å². The van der Waals surface area contributed by atoms with Crippen LogP contribution in [-0.2, 0) is 16.1 Å². The van der Waals surface area contributed by atoms with E-state index in [-0.39, 0.29) is 35.8 Å². The number of thioether (sulfide) groups is 1. The zero-order valence-electron chi connectivity index (χ0n) is 20.9. The molecule has 4 atom stereocenters. The summed E-state index contributed by atoms with van der Waals surface area (Å²) in [7, 11) is 0. The molecule has 0 bridgehead atoms. The van der Waals surface area contributed by atoms with Gasteiger partial charge in [0.2, 0.25) is 18.6 Å². The van der Waals surface area contributed by atoms with Gasteiger partial charge in [0.1, 0.15) is 17.5 Å². The van der Waals surface area contributed by atoms with Gasteiger partial charge in [0.05, 0.1) is 0 Å². The van der Waals surface area contributed by atoms with Crippen LogP contribution in [0.4, 0.5) is 0 Å². The molecule has 0 spiro atoms. The molecule has 3 aliphatic rings. The molecule has 0 unspecified atom stereocenters. The molecule has 0 aliphatic carbocycles.